The Labute approximate surface area is 183 Å². The molecule has 0 aromatic rings. The molecule has 2 saturated heterocycles. The summed E-state index contributed by atoms with van der Waals surface area (Å²) in [4.78, 5) is 7.39. The van der Waals surface area contributed by atoms with E-state index in [2.05, 4.69) is 29.4 Å². The molecule has 0 saturated carbocycles. The minimum atomic E-state index is 0. The standard InChI is InChI=1S/C20H40N4O2.HI/c1-3-10-24-11-6-18(7-12-24)15-23-20(21-4-2)22-9-5-13-25-16-19-8-14-26-17-19;/h18-19H,3-17H2,1-2H3,(H2,21,22,23);1H. The van der Waals surface area contributed by atoms with Gasteiger partial charge in [-0.3, -0.25) is 4.99 Å². The SMILES string of the molecule is CCCN1CCC(CN=C(NCC)NCCCOCC2CCOC2)CC1.I. The number of rotatable bonds is 11. The minimum Gasteiger partial charge on any atom is -0.381 e. The first-order chi connectivity index (χ1) is 12.8. The molecule has 0 aliphatic carbocycles. The monoisotopic (exact) mass is 496 g/mol. The van der Waals surface area contributed by atoms with Crippen LogP contribution in [0.2, 0.25) is 0 Å². The Morgan fingerprint density at radius 1 is 1.15 bits per heavy atom. The van der Waals surface area contributed by atoms with Crippen LogP contribution in [-0.2, 0) is 9.47 Å². The molecule has 0 bridgehead atoms. The summed E-state index contributed by atoms with van der Waals surface area (Å²) in [5.41, 5.74) is 0. The molecule has 2 aliphatic rings. The molecule has 2 fully saturated rings. The van der Waals surface area contributed by atoms with Crippen LogP contribution in [0.4, 0.5) is 0 Å². The number of nitrogens with zero attached hydrogens (tertiary/aromatic N) is 2. The molecule has 0 aromatic heterocycles. The van der Waals surface area contributed by atoms with E-state index in [1.807, 2.05) is 0 Å². The third-order valence-corrected chi connectivity index (χ3v) is 5.23. The van der Waals surface area contributed by atoms with Crippen molar-refractivity contribution in [2.45, 2.75) is 46.0 Å². The predicted octanol–water partition coefficient (Wildman–Crippen LogP) is 2.72. The number of hydrogen-bond acceptors (Lipinski definition) is 4. The molecule has 1 atom stereocenters. The molecule has 2 aliphatic heterocycles. The summed E-state index contributed by atoms with van der Waals surface area (Å²) >= 11 is 0. The normalized spacial score (nSPS) is 21.9. The van der Waals surface area contributed by atoms with Crippen molar-refractivity contribution in [3.8, 4) is 0 Å². The molecular formula is C20H41IN4O2. The van der Waals surface area contributed by atoms with E-state index >= 15 is 0 Å². The lowest BCUT2D eigenvalue weighted by Crippen LogP contribution is -2.39. The van der Waals surface area contributed by atoms with Crippen molar-refractivity contribution in [3.63, 3.8) is 0 Å². The topological polar surface area (TPSA) is 58.1 Å². The summed E-state index contributed by atoms with van der Waals surface area (Å²) in [6.07, 6.45) is 5.97. The number of piperidine rings is 1. The summed E-state index contributed by atoms with van der Waals surface area (Å²) < 4.78 is 11.1. The quantitative estimate of drug-likeness (QED) is 0.200. The highest BCUT2D eigenvalue weighted by Crippen LogP contribution is 2.17. The lowest BCUT2D eigenvalue weighted by Gasteiger charge is -2.31. The van der Waals surface area contributed by atoms with Crippen molar-refractivity contribution >= 4 is 29.9 Å². The van der Waals surface area contributed by atoms with Gasteiger partial charge < -0.3 is 25.0 Å². The van der Waals surface area contributed by atoms with Gasteiger partial charge in [-0.1, -0.05) is 6.92 Å². The molecule has 6 nitrogen and oxygen atoms in total. The molecule has 0 radical (unpaired) electrons. The summed E-state index contributed by atoms with van der Waals surface area (Å²) in [6, 6.07) is 0. The van der Waals surface area contributed by atoms with E-state index in [1.165, 1.54) is 38.9 Å². The van der Waals surface area contributed by atoms with Crippen LogP contribution >= 0.6 is 24.0 Å². The van der Waals surface area contributed by atoms with Crippen LogP contribution in [0.1, 0.15) is 46.0 Å². The van der Waals surface area contributed by atoms with Crippen molar-refractivity contribution in [1.82, 2.24) is 15.5 Å². The van der Waals surface area contributed by atoms with E-state index in [4.69, 9.17) is 14.5 Å². The summed E-state index contributed by atoms with van der Waals surface area (Å²) in [5.74, 6) is 2.29. The molecule has 0 spiro atoms. The first-order valence-corrected chi connectivity index (χ1v) is 10.7. The van der Waals surface area contributed by atoms with Gasteiger partial charge in [-0.2, -0.15) is 0 Å². The average molecular weight is 496 g/mol. The maximum absolute atomic E-state index is 5.76. The van der Waals surface area contributed by atoms with Gasteiger partial charge in [-0.25, -0.2) is 0 Å². The summed E-state index contributed by atoms with van der Waals surface area (Å²) in [6.45, 7) is 14.3. The number of ether oxygens (including phenoxy) is 2. The lowest BCUT2D eigenvalue weighted by molar-refractivity contribution is 0.0888. The van der Waals surface area contributed by atoms with E-state index in [1.54, 1.807) is 0 Å². The number of aliphatic imine (C=N–C) groups is 1. The second kappa shape index (κ2) is 15.8. The number of halogens is 1. The fourth-order valence-corrected chi connectivity index (χ4v) is 3.62. The highest BCUT2D eigenvalue weighted by molar-refractivity contribution is 14.0. The Hall–Kier alpha value is -0.120. The zero-order valence-electron chi connectivity index (χ0n) is 17.4. The van der Waals surface area contributed by atoms with Gasteiger partial charge in [0.2, 0.25) is 0 Å². The van der Waals surface area contributed by atoms with Gasteiger partial charge in [0, 0.05) is 38.8 Å². The van der Waals surface area contributed by atoms with E-state index in [0.29, 0.717) is 5.92 Å². The Kier molecular flexibility index (Phi) is 14.5. The second-order valence-electron chi connectivity index (χ2n) is 7.59. The third kappa shape index (κ3) is 10.9. The third-order valence-electron chi connectivity index (χ3n) is 5.23. The van der Waals surface area contributed by atoms with Gasteiger partial charge >= 0.3 is 0 Å². The predicted molar refractivity (Wildman–Crippen MR) is 123 cm³/mol. The molecule has 0 aromatic carbocycles. The molecule has 2 heterocycles. The summed E-state index contributed by atoms with van der Waals surface area (Å²) in [7, 11) is 0. The molecule has 160 valence electrons. The van der Waals surface area contributed by atoms with Gasteiger partial charge in [0.15, 0.2) is 5.96 Å². The minimum absolute atomic E-state index is 0. The highest BCUT2D eigenvalue weighted by Gasteiger charge is 2.18. The van der Waals surface area contributed by atoms with E-state index in [-0.39, 0.29) is 24.0 Å². The maximum atomic E-state index is 5.76. The lowest BCUT2D eigenvalue weighted by atomic mass is 9.97. The van der Waals surface area contributed by atoms with Crippen molar-refractivity contribution in [3.05, 3.63) is 0 Å². The van der Waals surface area contributed by atoms with Crippen LogP contribution < -0.4 is 10.6 Å². The maximum Gasteiger partial charge on any atom is 0.191 e. The molecule has 0 amide bonds. The first-order valence-electron chi connectivity index (χ1n) is 10.7. The second-order valence-corrected chi connectivity index (χ2v) is 7.59. The van der Waals surface area contributed by atoms with Crippen LogP contribution in [0.3, 0.4) is 0 Å². The van der Waals surface area contributed by atoms with Crippen molar-refractivity contribution in [1.29, 1.82) is 0 Å². The number of hydrogen-bond donors (Lipinski definition) is 2. The number of nitrogens with one attached hydrogen (secondary N) is 2. The number of guanidine groups is 1. The van der Waals surface area contributed by atoms with E-state index in [9.17, 15) is 0 Å². The Bertz CT molecular complexity index is 384. The molecule has 2 N–H and O–H groups in total. The van der Waals surface area contributed by atoms with Crippen molar-refractivity contribution in [2.24, 2.45) is 16.8 Å². The van der Waals surface area contributed by atoms with E-state index < -0.39 is 0 Å². The van der Waals surface area contributed by atoms with Gasteiger partial charge in [0.05, 0.1) is 13.2 Å². The molecule has 1 unspecified atom stereocenters. The van der Waals surface area contributed by atoms with Gasteiger partial charge in [-0.15, -0.1) is 24.0 Å². The molecule has 7 heteroatoms. The fraction of sp³-hybridized carbons (Fsp3) is 0.950. The van der Waals surface area contributed by atoms with Crippen molar-refractivity contribution < 1.29 is 9.47 Å². The smallest absolute Gasteiger partial charge is 0.191 e. The Balaban J connectivity index is 0.00000364. The van der Waals surface area contributed by atoms with Crippen LogP contribution in [0.15, 0.2) is 4.99 Å². The largest absolute Gasteiger partial charge is 0.381 e. The molecule has 27 heavy (non-hydrogen) atoms. The van der Waals surface area contributed by atoms with Crippen molar-refractivity contribution in [2.75, 3.05) is 65.7 Å². The van der Waals surface area contributed by atoms with Gasteiger partial charge in [0.1, 0.15) is 0 Å². The molecular weight excluding hydrogens is 455 g/mol. The van der Waals surface area contributed by atoms with Crippen LogP contribution in [0.5, 0.6) is 0 Å². The van der Waals surface area contributed by atoms with Crippen LogP contribution in [0.25, 0.3) is 0 Å². The van der Waals surface area contributed by atoms with Crippen LogP contribution in [0, 0.1) is 11.8 Å². The van der Waals surface area contributed by atoms with E-state index in [0.717, 1.165) is 70.8 Å². The van der Waals surface area contributed by atoms with Gasteiger partial charge in [0.25, 0.3) is 0 Å². The Morgan fingerprint density at radius 3 is 2.63 bits per heavy atom. The van der Waals surface area contributed by atoms with Gasteiger partial charge in [-0.05, 0) is 64.6 Å². The Morgan fingerprint density at radius 2 is 1.96 bits per heavy atom. The molecule has 2 rings (SSSR count). The van der Waals surface area contributed by atoms with Crippen LogP contribution in [-0.4, -0.2) is 76.6 Å². The number of likely N-dealkylation sites (tertiary alicyclic amines) is 1. The highest BCUT2D eigenvalue weighted by atomic mass is 127. The summed E-state index contributed by atoms with van der Waals surface area (Å²) in [5, 5.41) is 6.80. The zero-order valence-corrected chi connectivity index (χ0v) is 19.7. The first kappa shape index (κ1) is 24.9. The zero-order chi connectivity index (χ0) is 18.5. The average Bonchev–Trinajstić information content (AvgIpc) is 3.17. The fourth-order valence-electron chi connectivity index (χ4n) is 3.62.